The van der Waals surface area contributed by atoms with Crippen molar-refractivity contribution in [2.24, 2.45) is 0 Å². The summed E-state index contributed by atoms with van der Waals surface area (Å²) in [4.78, 5) is 33.9. The van der Waals surface area contributed by atoms with E-state index < -0.39 is 0 Å². The molecule has 6 nitrogen and oxygen atoms in total. The van der Waals surface area contributed by atoms with E-state index in [-0.39, 0.29) is 11.8 Å². The van der Waals surface area contributed by atoms with Crippen LogP contribution in [0.5, 0.6) is 0 Å². The zero-order valence-electron chi connectivity index (χ0n) is 16.8. The molecule has 2 aromatic rings. The molecule has 1 N–H and O–H groups in total. The lowest BCUT2D eigenvalue weighted by molar-refractivity contribution is 0.0755. The number of pyridine rings is 1. The van der Waals surface area contributed by atoms with Crippen LogP contribution in [0.2, 0.25) is 0 Å². The summed E-state index contributed by atoms with van der Waals surface area (Å²) >= 11 is 0. The number of hydrogen-bond acceptors (Lipinski definition) is 4. The molecule has 2 aliphatic rings. The average molecular weight is 393 g/mol. The molecule has 0 bridgehead atoms. The predicted molar refractivity (Wildman–Crippen MR) is 114 cm³/mol. The first-order chi connectivity index (χ1) is 14.2. The van der Waals surface area contributed by atoms with Crippen molar-refractivity contribution in [2.45, 2.75) is 38.5 Å². The standard InChI is InChI=1S/C23H28N4O2/c28-22(25-19-7-9-20(10-8-19)26-13-5-6-14-26)18-11-12-24-21(17-18)23(29)27-15-3-1-2-4-16-27/h7-12,17H,1-6,13-16H2,(H,25,28). The number of carbonyl (C=O) groups excluding carboxylic acids is 2. The smallest absolute Gasteiger partial charge is 0.272 e. The van der Waals surface area contributed by atoms with Gasteiger partial charge in [-0.05, 0) is 62.1 Å². The van der Waals surface area contributed by atoms with E-state index in [0.717, 1.165) is 57.5 Å². The lowest BCUT2D eigenvalue weighted by Crippen LogP contribution is -2.32. The van der Waals surface area contributed by atoms with Gasteiger partial charge in [0.15, 0.2) is 0 Å². The van der Waals surface area contributed by atoms with Crippen molar-refractivity contribution in [3.63, 3.8) is 0 Å². The van der Waals surface area contributed by atoms with Crippen LogP contribution in [0.15, 0.2) is 42.6 Å². The summed E-state index contributed by atoms with van der Waals surface area (Å²) in [6, 6.07) is 11.2. The fourth-order valence-corrected chi connectivity index (χ4v) is 4.06. The van der Waals surface area contributed by atoms with Gasteiger partial charge in [-0.15, -0.1) is 0 Å². The third-order valence-corrected chi connectivity index (χ3v) is 5.73. The zero-order chi connectivity index (χ0) is 20.1. The van der Waals surface area contributed by atoms with E-state index in [0.29, 0.717) is 11.3 Å². The highest BCUT2D eigenvalue weighted by Crippen LogP contribution is 2.22. The van der Waals surface area contributed by atoms with Gasteiger partial charge in [0.2, 0.25) is 0 Å². The molecular weight excluding hydrogens is 364 g/mol. The van der Waals surface area contributed by atoms with Crippen LogP contribution in [0.4, 0.5) is 11.4 Å². The Morgan fingerprint density at radius 2 is 1.48 bits per heavy atom. The maximum atomic E-state index is 12.8. The van der Waals surface area contributed by atoms with Crippen molar-refractivity contribution >= 4 is 23.2 Å². The van der Waals surface area contributed by atoms with Gasteiger partial charge in [-0.25, -0.2) is 0 Å². The molecule has 3 heterocycles. The number of amides is 2. The number of likely N-dealkylation sites (tertiary alicyclic amines) is 1. The van der Waals surface area contributed by atoms with Gasteiger partial charge < -0.3 is 15.1 Å². The summed E-state index contributed by atoms with van der Waals surface area (Å²) in [6.45, 7) is 3.72. The van der Waals surface area contributed by atoms with Crippen LogP contribution in [-0.4, -0.2) is 47.9 Å². The number of hydrogen-bond donors (Lipinski definition) is 1. The third kappa shape index (κ3) is 4.75. The van der Waals surface area contributed by atoms with E-state index in [2.05, 4.69) is 15.2 Å². The van der Waals surface area contributed by atoms with Crippen molar-refractivity contribution in [1.29, 1.82) is 0 Å². The molecule has 0 atom stereocenters. The van der Waals surface area contributed by atoms with E-state index >= 15 is 0 Å². The van der Waals surface area contributed by atoms with Crippen LogP contribution in [0.3, 0.4) is 0 Å². The van der Waals surface area contributed by atoms with E-state index in [1.165, 1.54) is 24.7 Å². The molecule has 0 aliphatic carbocycles. The molecule has 2 aliphatic heterocycles. The first kappa shape index (κ1) is 19.4. The molecule has 0 unspecified atom stereocenters. The Hall–Kier alpha value is -2.89. The van der Waals surface area contributed by atoms with Crippen molar-refractivity contribution in [2.75, 3.05) is 36.4 Å². The molecule has 0 saturated carbocycles. The maximum Gasteiger partial charge on any atom is 0.272 e. The number of rotatable bonds is 4. The van der Waals surface area contributed by atoms with E-state index in [1.54, 1.807) is 12.1 Å². The fraction of sp³-hybridized carbons (Fsp3) is 0.435. The second-order valence-corrected chi connectivity index (χ2v) is 7.83. The van der Waals surface area contributed by atoms with Gasteiger partial charge in [0, 0.05) is 49.3 Å². The molecule has 152 valence electrons. The molecule has 4 rings (SSSR count). The summed E-state index contributed by atoms with van der Waals surface area (Å²) in [7, 11) is 0. The van der Waals surface area contributed by atoms with Crippen molar-refractivity contribution < 1.29 is 9.59 Å². The topological polar surface area (TPSA) is 65.5 Å². The molecule has 2 fully saturated rings. The minimum Gasteiger partial charge on any atom is -0.372 e. The Morgan fingerprint density at radius 3 is 2.17 bits per heavy atom. The van der Waals surface area contributed by atoms with Gasteiger partial charge in [-0.2, -0.15) is 0 Å². The van der Waals surface area contributed by atoms with Crippen LogP contribution < -0.4 is 10.2 Å². The predicted octanol–water partition coefficient (Wildman–Crippen LogP) is 3.95. The molecule has 2 saturated heterocycles. The van der Waals surface area contributed by atoms with E-state index in [9.17, 15) is 9.59 Å². The van der Waals surface area contributed by atoms with Crippen molar-refractivity contribution in [3.05, 3.63) is 53.9 Å². The third-order valence-electron chi connectivity index (χ3n) is 5.73. The molecule has 0 radical (unpaired) electrons. The molecule has 2 amide bonds. The molecule has 0 spiro atoms. The first-order valence-electron chi connectivity index (χ1n) is 10.6. The average Bonchev–Trinajstić information content (AvgIpc) is 3.16. The summed E-state index contributed by atoms with van der Waals surface area (Å²) in [5.74, 6) is -0.317. The number of benzene rings is 1. The normalized spacial score (nSPS) is 17.1. The Kier molecular flexibility index (Phi) is 6.08. The Morgan fingerprint density at radius 1 is 0.828 bits per heavy atom. The molecule has 1 aromatic heterocycles. The first-order valence-corrected chi connectivity index (χ1v) is 10.6. The second-order valence-electron chi connectivity index (χ2n) is 7.83. The lowest BCUT2D eigenvalue weighted by Gasteiger charge is -2.20. The minimum atomic E-state index is -0.230. The van der Waals surface area contributed by atoms with Crippen molar-refractivity contribution in [3.8, 4) is 0 Å². The highest BCUT2D eigenvalue weighted by molar-refractivity contribution is 6.05. The molecule has 6 heteroatoms. The van der Waals surface area contributed by atoms with E-state index in [1.807, 2.05) is 29.2 Å². The summed E-state index contributed by atoms with van der Waals surface area (Å²) in [6.07, 6.45) is 8.39. The SMILES string of the molecule is O=C(Nc1ccc(N2CCCC2)cc1)c1ccnc(C(=O)N2CCCCCC2)c1. The van der Waals surface area contributed by atoms with Crippen LogP contribution in [0.1, 0.15) is 59.4 Å². The van der Waals surface area contributed by atoms with Gasteiger partial charge in [-0.3, -0.25) is 14.6 Å². The Bertz CT molecular complexity index is 851. The molecular formula is C23H28N4O2. The number of carbonyl (C=O) groups is 2. The van der Waals surface area contributed by atoms with Gasteiger partial charge in [0.1, 0.15) is 5.69 Å². The van der Waals surface area contributed by atoms with Crippen LogP contribution in [0, 0.1) is 0 Å². The fourth-order valence-electron chi connectivity index (χ4n) is 4.06. The quantitative estimate of drug-likeness (QED) is 0.856. The van der Waals surface area contributed by atoms with Gasteiger partial charge in [0.05, 0.1) is 0 Å². The minimum absolute atomic E-state index is 0.0866. The second kappa shape index (κ2) is 9.07. The van der Waals surface area contributed by atoms with E-state index in [4.69, 9.17) is 0 Å². The highest BCUT2D eigenvalue weighted by atomic mass is 16.2. The number of nitrogens with zero attached hydrogens (tertiary/aromatic N) is 3. The molecule has 29 heavy (non-hydrogen) atoms. The zero-order valence-corrected chi connectivity index (χ0v) is 16.8. The van der Waals surface area contributed by atoms with Gasteiger partial charge in [-0.1, -0.05) is 12.8 Å². The summed E-state index contributed by atoms with van der Waals surface area (Å²) in [5.41, 5.74) is 2.72. The van der Waals surface area contributed by atoms with Crippen molar-refractivity contribution in [1.82, 2.24) is 9.88 Å². The number of nitrogens with one attached hydrogen (secondary N) is 1. The monoisotopic (exact) mass is 392 g/mol. The number of aromatic nitrogens is 1. The lowest BCUT2D eigenvalue weighted by atomic mass is 10.2. The number of anilines is 2. The van der Waals surface area contributed by atoms with Crippen LogP contribution in [-0.2, 0) is 0 Å². The van der Waals surface area contributed by atoms with Crippen LogP contribution >= 0.6 is 0 Å². The largest absolute Gasteiger partial charge is 0.372 e. The Labute approximate surface area is 171 Å². The summed E-state index contributed by atoms with van der Waals surface area (Å²) in [5, 5.41) is 2.92. The molecule has 1 aromatic carbocycles. The van der Waals surface area contributed by atoms with Crippen LogP contribution in [0.25, 0.3) is 0 Å². The highest BCUT2D eigenvalue weighted by Gasteiger charge is 2.20. The Balaban J connectivity index is 1.42. The van der Waals surface area contributed by atoms with Gasteiger partial charge in [0.25, 0.3) is 11.8 Å². The summed E-state index contributed by atoms with van der Waals surface area (Å²) < 4.78 is 0. The maximum absolute atomic E-state index is 12.8. The van der Waals surface area contributed by atoms with Gasteiger partial charge >= 0.3 is 0 Å².